The molecule has 0 unspecified atom stereocenters. The van der Waals surface area contributed by atoms with Crippen LogP contribution in [0.4, 0.5) is 0 Å². The fourth-order valence-electron chi connectivity index (χ4n) is 2.46. The smallest absolute Gasteiger partial charge is 0.162 e. The minimum absolute atomic E-state index is 0.321. The SMILES string of the molecule is CCc1ccc(CC(=O)C2=CCCCCC2)cc1. The van der Waals surface area contributed by atoms with Crippen LogP contribution >= 0.6 is 0 Å². The highest BCUT2D eigenvalue weighted by Gasteiger charge is 2.11. The monoisotopic (exact) mass is 242 g/mol. The van der Waals surface area contributed by atoms with Gasteiger partial charge in [0.1, 0.15) is 0 Å². The molecule has 0 fully saturated rings. The van der Waals surface area contributed by atoms with E-state index in [-0.39, 0.29) is 0 Å². The van der Waals surface area contributed by atoms with Crippen LogP contribution < -0.4 is 0 Å². The van der Waals surface area contributed by atoms with Gasteiger partial charge in [0.2, 0.25) is 0 Å². The molecule has 0 aromatic heterocycles. The third kappa shape index (κ3) is 3.56. The molecule has 1 heteroatoms. The summed E-state index contributed by atoms with van der Waals surface area (Å²) in [5.41, 5.74) is 3.54. The zero-order valence-electron chi connectivity index (χ0n) is 11.2. The molecule has 18 heavy (non-hydrogen) atoms. The Morgan fingerprint density at radius 3 is 2.50 bits per heavy atom. The lowest BCUT2D eigenvalue weighted by Gasteiger charge is -2.05. The van der Waals surface area contributed by atoms with Gasteiger partial charge in [-0.15, -0.1) is 0 Å². The zero-order valence-corrected chi connectivity index (χ0v) is 11.2. The molecule has 0 heterocycles. The Hall–Kier alpha value is -1.37. The van der Waals surface area contributed by atoms with Gasteiger partial charge in [0.15, 0.2) is 5.78 Å². The fourth-order valence-corrected chi connectivity index (χ4v) is 2.46. The van der Waals surface area contributed by atoms with Gasteiger partial charge in [0, 0.05) is 6.42 Å². The van der Waals surface area contributed by atoms with E-state index < -0.39 is 0 Å². The van der Waals surface area contributed by atoms with Gasteiger partial charge in [0.25, 0.3) is 0 Å². The van der Waals surface area contributed by atoms with E-state index in [1.54, 1.807) is 0 Å². The Bertz CT molecular complexity index is 425. The van der Waals surface area contributed by atoms with Gasteiger partial charge >= 0.3 is 0 Å². The van der Waals surface area contributed by atoms with Crippen LogP contribution in [0.1, 0.15) is 50.2 Å². The average Bonchev–Trinajstić information content (AvgIpc) is 2.68. The summed E-state index contributed by atoms with van der Waals surface area (Å²) in [6.45, 7) is 2.15. The van der Waals surface area contributed by atoms with Gasteiger partial charge in [-0.05, 0) is 48.8 Å². The van der Waals surface area contributed by atoms with E-state index in [0.717, 1.165) is 30.4 Å². The first-order valence-corrected chi connectivity index (χ1v) is 7.09. The summed E-state index contributed by atoms with van der Waals surface area (Å²) < 4.78 is 0. The van der Waals surface area contributed by atoms with Crippen LogP contribution in [0.25, 0.3) is 0 Å². The van der Waals surface area contributed by atoms with Gasteiger partial charge in [-0.2, -0.15) is 0 Å². The number of aryl methyl sites for hydroxylation is 1. The minimum Gasteiger partial charge on any atom is -0.294 e. The molecule has 1 aromatic rings. The Morgan fingerprint density at radius 2 is 1.78 bits per heavy atom. The first kappa shape index (κ1) is 13.1. The highest BCUT2D eigenvalue weighted by atomic mass is 16.1. The second-order valence-corrected chi connectivity index (χ2v) is 5.10. The van der Waals surface area contributed by atoms with Crippen LogP contribution in [-0.2, 0) is 17.6 Å². The van der Waals surface area contributed by atoms with Crippen LogP contribution in [0.15, 0.2) is 35.9 Å². The number of carbonyl (C=O) groups excluding carboxylic acids is 1. The van der Waals surface area contributed by atoms with Crippen molar-refractivity contribution in [2.45, 2.75) is 51.9 Å². The van der Waals surface area contributed by atoms with Crippen LogP contribution in [0.2, 0.25) is 0 Å². The molecule has 1 nitrogen and oxygen atoms in total. The van der Waals surface area contributed by atoms with Crippen molar-refractivity contribution >= 4 is 5.78 Å². The summed E-state index contributed by atoms with van der Waals surface area (Å²) in [5, 5.41) is 0. The van der Waals surface area contributed by atoms with Gasteiger partial charge in [-0.25, -0.2) is 0 Å². The van der Waals surface area contributed by atoms with E-state index in [1.165, 1.54) is 24.8 Å². The van der Waals surface area contributed by atoms with Crippen LogP contribution in [0.5, 0.6) is 0 Å². The van der Waals surface area contributed by atoms with Crippen molar-refractivity contribution in [3.05, 3.63) is 47.0 Å². The summed E-state index contributed by atoms with van der Waals surface area (Å²) in [6.07, 6.45) is 9.51. The van der Waals surface area contributed by atoms with E-state index in [0.29, 0.717) is 12.2 Å². The summed E-state index contributed by atoms with van der Waals surface area (Å²) in [4.78, 5) is 12.2. The molecule has 0 bridgehead atoms. The molecular weight excluding hydrogens is 220 g/mol. The molecule has 0 saturated carbocycles. The Balaban J connectivity index is 1.99. The quantitative estimate of drug-likeness (QED) is 0.771. The summed E-state index contributed by atoms with van der Waals surface area (Å²) in [5.74, 6) is 0.321. The Kier molecular flexibility index (Phi) is 4.74. The summed E-state index contributed by atoms with van der Waals surface area (Å²) >= 11 is 0. The van der Waals surface area contributed by atoms with Crippen molar-refractivity contribution in [3.8, 4) is 0 Å². The van der Waals surface area contributed by atoms with Crippen LogP contribution in [0, 0.1) is 0 Å². The van der Waals surface area contributed by atoms with E-state index >= 15 is 0 Å². The average molecular weight is 242 g/mol. The van der Waals surface area contributed by atoms with Gasteiger partial charge in [-0.1, -0.05) is 43.7 Å². The minimum atomic E-state index is 0.321. The topological polar surface area (TPSA) is 17.1 Å². The summed E-state index contributed by atoms with van der Waals surface area (Å²) in [6, 6.07) is 8.44. The number of allylic oxidation sites excluding steroid dienone is 2. The van der Waals surface area contributed by atoms with Crippen molar-refractivity contribution in [2.75, 3.05) is 0 Å². The van der Waals surface area contributed by atoms with Crippen LogP contribution in [0.3, 0.4) is 0 Å². The maximum absolute atomic E-state index is 12.2. The molecule has 0 N–H and O–H groups in total. The lowest BCUT2D eigenvalue weighted by atomic mass is 9.99. The number of rotatable bonds is 4. The molecule has 0 atom stereocenters. The molecule has 2 rings (SSSR count). The highest BCUT2D eigenvalue weighted by molar-refractivity contribution is 5.96. The normalized spacial score (nSPS) is 15.9. The molecular formula is C17H22O. The Morgan fingerprint density at radius 1 is 1.06 bits per heavy atom. The number of ketones is 1. The molecule has 0 spiro atoms. The Labute approximate surface area is 110 Å². The molecule has 1 aliphatic rings. The lowest BCUT2D eigenvalue weighted by molar-refractivity contribution is -0.115. The van der Waals surface area contributed by atoms with Crippen molar-refractivity contribution in [2.24, 2.45) is 0 Å². The van der Waals surface area contributed by atoms with Gasteiger partial charge in [-0.3, -0.25) is 4.79 Å². The van der Waals surface area contributed by atoms with E-state index in [2.05, 4.69) is 37.3 Å². The molecule has 1 aromatic carbocycles. The van der Waals surface area contributed by atoms with Crippen molar-refractivity contribution in [1.29, 1.82) is 0 Å². The highest BCUT2D eigenvalue weighted by Crippen LogP contribution is 2.19. The first-order valence-electron chi connectivity index (χ1n) is 7.09. The number of benzene rings is 1. The number of hydrogen-bond acceptors (Lipinski definition) is 1. The van der Waals surface area contributed by atoms with Gasteiger partial charge < -0.3 is 0 Å². The third-order valence-electron chi connectivity index (χ3n) is 3.70. The maximum Gasteiger partial charge on any atom is 0.162 e. The van der Waals surface area contributed by atoms with Crippen molar-refractivity contribution < 1.29 is 4.79 Å². The van der Waals surface area contributed by atoms with Crippen molar-refractivity contribution in [3.63, 3.8) is 0 Å². The number of carbonyl (C=O) groups is 1. The van der Waals surface area contributed by atoms with E-state index in [4.69, 9.17) is 0 Å². The third-order valence-corrected chi connectivity index (χ3v) is 3.70. The molecule has 1 aliphatic carbocycles. The summed E-state index contributed by atoms with van der Waals surface area (Å²) in [7, 11) is 0. The first-order chi connectivity index (χ1) is 8.79. The fraction of sp³-hybridized carbons (Fsp3) is 0.471. The molecule has 0 saturated heterocycles. The molecule has 0 radical (unpaired) electrons. The largest absolute Gasteiger partial charge is 0.294 e. The predicted octanol–water partition coefficient (Wildman–Crippen LogP) is 4.25. The second-order valence-electron chi connectivity index (χ2n) is 5.10. The standard InChI is InChI=1S/C17H22O/c1-2-14-9-11-15(12-10-14)13-17(18)16-7-5-3-4-6-8-16/h7,9-12H,2-6,8,13H2,1H3. The van der Waals surface area contributed by atoms with Gasteiger partial charge in [0.05, 0.1) is 0 Å². The number of hydrogen-bond donors (Lipinski definition) is 0. The van der Waals surface area contributed by atoms with E-state index in [9.17, 15) is 4.79 Å². The molecule has 0 aliphatic heterocycles. The maximum atomic E-state index is 12.2. The van der Waals surface area contributed by atoms with Crippen LogP contribution in [-0.4, -0.2) is 5.78 Å². The second kappa shape index (κ2) is 6.53. The predicted molar refractivity (Wildman–Crippen MR) is 75.7 cm³/mol. The zero-order chi connectivity index (χ0) is 12.8. The number of Topliss-reactive ketones (excluding diaryl/α,β-unsaturated/α-hetero) is 1. The lowest BCUT2D eigenvalue weighted by Crippen LogP contribution is -2.06. The van der Waals surface area contributed by atoms with Crippen molar-refractivity contribution in [1.82, 2.24) is 0 Å². The molecule has 96 valence electrons. The van der Waals surface area contributed by atoms with E-state index in [1.807, 2.05) is 0 Å². The molecule has 0 amide bonds.